The molecule has 28 heavy (non-hydrogen) atoms. The van der Waals surface area contributed by atoms with Crippen LogP contribution in [0.2, 0.25) is 0 Å². The molecule has 1 amide bonds. The normalized spacial score (nSPS) is 24.6. The molecule has 6 nitrogen and oxygen atoms in total. The van der Waals surface area contributed by atoms with Gasteiger partial charge in [0.25, 0.3) is 5.91 Å². The monoisotopic (exact) mass is 380 g/mol. The van der Waals surface area contributed by atoms with E-state index >= 15 is 0 Å². The maximum Gasteiger partial charge on any atom is 0.337 e. The predicted octanol–water partition coefficient (Wildman–Crippen LogP) is 2.43. The second-order valence-electron chi connectivity index (χ2n) is 7.45. The minimum Gasteiger partial charge on any atom is -0.463 e. The quantitative estimate of drug-likeness (QED) is 0.815. The predicted molar refractivity (Wildman–Crippen MR) is 103 cm³/mol. The van der Waals surface area contributed by atoms with E-state index in [4.69, 9.17) is 4.74 Å². The maximum absolute atomic E-state index is 13.0. The molecule has 1 N–H and O–H groups in total. The van der Waals surface area contributed by atoms with E-state index in [-0.39, 0.29) is 29.9 Å². The Morgan fingerprint density at radius 3 is 2.68 bits per heavy atom. The van der Waals surface area contributed by atoms with Gasteiger partial charge in [0.1, 0.15) is 5.70 Å². The highest BCUT2D eigenvalue weighted by molar-refractivity contribution is 6.09. The first kappa shape index (κ1) is 18.5. The molecule has 0 radical (unpaired) electrons. The lowest BCUT2D eigenvalue weighted by atomic mass is 9.74. The van der Waals surface area contributed by atoms with Gasteiger partial charge in [0.2, 0.25) is 0 Å². The lowest BCUT2D eigenvalue weighted by Crippen LogP contribution is -2.54. The van der Waals surface area contributed by atoms with E-state index < -0.39 is 11.9 Å². The Labute approximate surface area is 164 Å². The van der Waals surface area contributed by atoms with E-state index in [0.717, 1.165) is 24.1 Å². The minimum absolute atomic E-state index is 0.0505. The van der Waals surface area contributed by atoms with Gasteiger partial charge < -0.3 is 15.0 Å². The molecule has 2 heterocycles. The van der Waals surface area contributed by atoms with Gasteiger partial charge in [-0.05, 0) is 32.3 Å². The van der Waals surface area contributed by atoms with Crippen LogP contribution in [0.1, 0.15) is 44.6 Å². The van der Waals surface area contributed by atoms with E-state index in [1.165, 1.54) is 0 Å². The summed E-state index contributed by atoms with van der Waals surface area (Å²) in [4.78, 5) is 40.9. The summed E-state index contributed by atoms with van der Waals surface area (Å²) in [6, 6.07) is 9.38. The third kappa shape index (κ3) is 2.93. The van der Waals surface area contributed by atoms with Gasteiger partial charge in [-0.3, -0.25) is 9.59 Å². The van der Waals surface area contributed by atoms with E-state index in [1.807, 2.05) is 42.2 Å². The fourth-order valence-electron chi connectivity index (χ4n) is 4.48. The van der Waals surface area contributed by atoms with Crippen LogP contribution >= 0.6 is 0 Å². The van der Waals surface area contributed by atoms with Gasteiger partial charge in [0.05, 0.1) is 12.2 Å². The van der Waals surface area contributed by atoms with E-state index in [2.05, 4.69) is 5.32 Å². The topological polar surface area (TPSA) is 75.7 Å². The fourth-order valence-corrected chi connectivity index (χ4v) is 4.48. The summed E-state index contributed by atoms with van der Waals surface area (Å²) < 4.78 is 5.33. The number of amides is 1. The van der Waals surface area contributed by atoms with Crippen LogP contribution < -0.4 is 5.32 Å². The third-order valence-corrected chi connectivity index (χ3v) is 5.53. The molecule has 1 aromatic carbocycles. The first-order valence-corrected chi connectivity index (χ1v) is 9.83. The smallest absolute Gasteiger partial charge is 0.337 e. The Morgan fingerprint density at radius 2 is 1.96 bits per heavy atom. The first-order valence-electron chi connectivity index (χ1n) is 9.83. The average Bonchev–Trinajstić information content (AvgIpc) is 2.68. The van der Waals surface area contributed by atoms with Crippen LogP contribution in [0.25, 0.3) is 0 Å². The Kier molecular flexibility index (Phi) is 4.79. The van der Waals surface area contributed by atoms with Crippen molar-refractivity contribution < 1.29 is 19.1 Å². The molecule has 1 fully saturated rings. The highest BCUT2D eigenvalue weighted by Gasteiger charge is 2.46. The molecule has 6 heteroatoms. The number of ether oxygens (including phenoxy) is 1. The second-order valence-corrected chi connectivity index (χ2v) is 7.45. The molecule has 2 aliphatic heterocycles. The molecule has 0 aromatic heterocycles. The second kappa shape index (κ2) is 7.26. The summed E-state index contributed by atoms with van der Waals surface area (Å²) in [7, 11) is 0. The zero-order valence-corrected chi connectivity index (χ0v) is 16.2. The molecule has 0 saturated carbocycles. The van der Waals surface area contributed by atoms with Crippen molar-refractivity contribution in [3.05, 3.63) is 58.4 Å². The van der Waals surface area contributed by atoms with Crippen LogP contribution in [-0.2, 0) is 19.1 Å². The van der Waals surface area contributed by atoms with Crippen LogP contribution in [0.3, 0.4) is 0 Å². The van der Waals surface area contributed by atoms with Crippen molar-refractivity contribution in [3.8, 4) is 0 Å². The number of benzene rings is 1. The molecule has 2 unspecified atom stereocenters. The number of nitrogens with zero attached hydrogens (tertiary/aromatic N) is 1. The van der Waals surface area contributed by atoms with Crippen LogP contribution in [0.5, 0.6) is 0 Å². The number of carbonyl (C=O) groups excluding carboxylic acids is 3. The van der Waals surface area contributed by atoms with Crippen LogP contribution in [0, 0.1) is 0 Å². The number of Topliss-reactive ketones (excluding diaryl/α,β-unsaturated/α-hetero) is 1. The Morgan fingerprint density at radius 1 is 1.21 bits per heavy atom. The third-order valence-electron chi connectivity index (χ3n) is 5.53. The lowest BCUT2D eigenvalue weighted by molar-refractivity contribution is -0.139. The number of fused-ring (bicyclic) bond motifs is 2. The standard InChI is InChI=1S/C22H24N2O4/c1-3-28-22(27)19-17(14-8-5-4-6-9-14)18-15(10-7-11-16(18)25)24-12-13(2)23-21(26)20(19)24/h4-6,8-9,13,17H,3,7,10-12H2,1-2H3,(H,23,26). The molecular weight excluding hydrogens is 356 g/mol. The lowest BCUT2D eigenvalue weighted by Gasteiger charge is -2.45. The molecule has 0 bridgehead atoms. The van der Waals surface area contributed by atoms with Crippen molar-refractivity contribution in [2.75, 3.05) is 13.2 Å². The summed E-state index contributed by atoms with van der Waals surface area (Å²) in [5.74, 6) is -1.35. The van der Waals surface area contributed by atoms with Gasteiger partial charge in [0.15, 0.2) is 5.78 Å². The molecular formula is C22H24N2O4. The molecule has 1 aromatic rings. The molecule has 4 rings (SSSR count). The van der Waals surface area contributed by atoms with E-state index in [9.17, 15) is 14.4 Å². The largest absolute Gasteiger partial charge is 0.463 e. The molecule has 2 atom stereocenters. The zero-order chi connectivity index (χ0) is 19.8. The van der Waals surface area contributed by atoms with Crippen LogP contribution in [0.15, 0.2) is 52.9 Å². The first-order chi connectivity index (χ1) is 13.5. The van der Waals surface area contributed by atoms with Gasteiger partial charge in [-0.2, -0.15) is 0 Å². The summed E-state index contributed by atoms with van der Waals surface area (Å²) in [6.45, 7) is 4.40. The van der Waals surface area contributed by atoms with E-state index in [1.54, 1.807) is 6.92 Å². The van der Waals surface area contributed by atoms with Gasteiger partial charge in [-0.15, -0.1) is 0 Å². The number of ketones is 1. The summed E-state index contributed by atoms with van der Waals surface area (Å²) in [5.41, 5.74) is 2.96. The van der Waals surface area contributed by atoms with Gasteiger partial charge in [-0.1, -0.05) is 30.3 Å². The summed E-state index contributed by atoms with van der Waals surface area (Å²) in [6.07, 6.45) is 1.95. The number of hydrogen-bond acceptors (Lipinski definition) is 5. The number of hydrogen-bond donors (Lipinski definition) is 1. The number of carbonyl (C=O) groups is 3. The van der Waals surface area contributed by atoms with Crippen molar-refractivity contribution in [1.82, 2.24) is 10.2 Å². The number of allylic oxidation sites excluding steroid dienone is 2. The number of piperazine rings is 1. The van der Waals surface area contributed by atoms with Crippen LogP contribution in [0.4, 0.5) is 0 Å². The number of rotatable bonds is 3. The van der Waals surface area contributed by atoms with Gasteiger partial charge >= 0.3 is 5.97 Å². The summed E-state index contributed by atoms with van der Waals surface area (Å²) in [5, 5.41) is 2.93. The Balaban J connectivity index is 1.99. The highest BCUT2D eigenvalue weighted by atomic mass is 16.5. The SMILES string of the molecule is CCOC(=O)C1=C2C(=O)NC(C)CN2C2=C(C(=O)CCC2)C1c1ccccc1. The van der Waals surface area contributed by atoms with Crippen molar-refractivity contribution in [2.45, 2.75) is 45.1 Å². The Bertz CT molecular complexity index is 900. The molecule has 146 valence electrons. The molecule has 0 spiro atoms. The average molecular weight is 380 g/mol. The zero-order valence-electron chi connectivity index (χ0n) is 16.2. The van der Waals surface area contributed by atoms with Gasteiger partial charge in [0, 0.05) is 36.2 Å². The van der Waals surface area contributed by atoms with Crippen molar-refractivity contribution in [2.24, 2.45) is 0 Å². The fraction of sp³-hybridized carbons (Fsp3) is 0.409. The molecule has 3 aliphatic rings. The minimum atomic E-state index is -0.576. The van der Waals surface area contributed by atoms with E-state index in [0.29, 0.717) is 24.2 Å². The highest BCUT2D eigenvalue weighted by Crippen LogP contribution is 2.47. The van der Waals surface area contributed by atoms with Crippen molar-refractivity contribution in [1.29, 1.82) is 0 Å². The summed E-state index contributed by atoms with van der Waals surface area (Å²) >= 11 is 0. The van der Waals surface area contributed by atoms with Crippen molar-refractivity contribution >= 4 is 17.7 Å². The molecule has 1 aliphatic carbocycles. The van der Waals surface area contributed by atoms with Crippen LogP contribution in [-0.4, -0.2) is 41.8 Å². The van der Waals surface area contributed by atoms with Gasteiger partial charge in [-0.25, -0.2) is 4.79 Å². The Hall–Kier alpha value is -2.89. The number of nitrogens with one attached hydrogen (secondary N) is 1. The number of esters is 1. The van der Waals surface area contributed by atoms with Crippen molar-refractivity contribution in [3.63, 3.8) is 0 Å². The molecule has 1 saturated heterocycles. The maximum atomic E-state index is 13.0.